The van der Waals surface area contributed by atoms with Crippen molar-refractivity contribution in [3.63, 3.8) is 0 Å². The van der Waals surface area contributed by atoms with E-state index in [1.54, 1.807) is 6.20 Å². The molecule has 160 valence electrons. The number of pyridine rings is 1. The van der Waals surface area contributed by atoms with Crippen molar-refractivity contribution in [2.24, 2.45) is 0 Å². The molecule has 2 N–H and O–H groups in total. The largest absolute Gasteiger partial charge is 0.478 e. The minimum atomic E-state index is -0.942. The maximum absolute atomic E-state index is 11.4. The smallest absolute Gasteiger partial charge is 0.337 e. The van der Waals surface area contributed by atoms with Crippen LogP contribution in [0.25, 0.3) is 0 Å². The zero-order valence-electron chi connectivity index (χ0n) is 18.2. The van der Waals surface area contributed by atoms with Crippen LogP contribution < -0.4 is 15.1 Å². The first-order valence-electron chi connectivity index (χ1n) is 10.5. The quantitative estimate of drug-likeness (QED) is 0.579. The van der Waals surface area contributed by atoms with Gasteiger partial charge in [0.25, 0.3) is 0 Å². The Labute approximate surface area is 183 Å². The first-order valence-corrected chi connectivity index (χ1v) is 10.5. The molecular weight excluding hydrogens is 388 g/mol. The molecule has 6 nitrogen and oxygen atoms in total. The summed E-state index contributed by atoms with van der Waals surface area (Å²) in [4.78, 5) is 19.8. The molecule has 1 aliphatic rings. The number of anilines is 4. The lowest BCUT2D eigenvalue weighted by Crippen LogP contribution is -2.14. The topological polar surface area (TPSA) is 68.7 Å². The zero-order valence-corrected chi connectivity index (χ0v) is 18.2. The van der Waals surface area contributed by atoms with Crippen molar-refractivity contribution >= 4 is 28.7 Å². The lowest BCUT2D eigenvalue weighted by Gasteiger charge is -2.22. The number of aromatic carboxylic acids is 1. The molecule has 1 aromatic heterocycles. The van der Waals surface area contributed by atoms with Crippen LogP contribution in [0, 0.1) is 0 Å². The van der Waals surface area contributed by atoms with Gasteiger partial charge in [-0.05, 0) is 66.4 Å². The Hall–Kier alpha value is -3.54. The number of carboxylic acids is 1. The summed E-state index contributed by atoms with van der Waals surface area (Å²) in [6.07, 6.45) is 5.17. The van der Waals surface area contributed by atoms with Crippen LogP contribution >= 0.6 is 0 Å². The number of hydrogen-bond donors (Lipinski definition) is 2. The van der Waals surface area contributed by atoms with Crippen LogP contribution in [0.4, 0.5) is 22.7 Å². The van der Waals surface area contributed by atoms with Crippen LogP contribution in [-0.2, 0) is 6.42 Å². The van der Waals surface area contributed by atoms with Crippen LogP contribution in [0.2, 0.25) is 0 Å². The summed E-state index contributed by atoms with van der Waals surface area (Å²) in [7, 11) is 6.18. The van der Waals surface area contributed by atoms with Crippen LogP contribution in [-0.4, -0.2) is 43.7 Å². The second-order valence-electron chi connectivity index (χ2n) is 8.20. The highest BCUT2D eigenvalue weighted by atomic mass is 16.4. The van der Waals surface area contributed by atoms with Gasteiger partial charge < -0.3 is 20.2 Å². The van der Waals surface area contributed by atoms with E-state index in [0.717, 1.165) is 18.5 Å². The minimum absolute atomic E-state index is 0.255. The summed E-state index contributed by atoms with van der Waals surface area (Å²) in [5, 5.41) is 12.7. The lowest BCUT2D eigenvalue weighted by molar-refractivity contribution is 0.0698. The molecule has 0 spiro atoms. The molecule has 1 atom stereocenters. The summed E-state index contributed by atoms with van der Waals surface area (Å²) in [6, 6.07) is 16.7. The Morgan fingerprint density at radius 1 is 1.06 bits per heavy atom. The summed E-state index contributed by atoms with van der Waals surface area (Å²) >= 11 is 0. The summed E-state index contributed by atoms with van der Waals surface area (Å²) in [6.45, 7) is 0.695. The normalized spacial score (nSPS) is 14.7. The predicted molar refractivity (Wildman–Crippen MR) is 126 cm³/mol. The molecule has 0 amide bonds. The number of nitrogens with one attached hydrogen (secondary N) is 1. The van der Waals surface area contributed by atoms with Crippen LogP contribution in [0.1, 0.15) is 33.8 Å². The molecule has 0 unspecified atom stereocenters. The Morgan fingerprint density at radius 2 is 1.77 bits per heavy atom. The van der Waals surface area contributed by atoms with Gasteiger partial charge in [0, 0.05) is 56.9 Å². The average molecular weight is 417 g/mol. The van der Waals surface area contributed by atoms with Crippen molar-refractivity contribution in [3.05, 3.63) is 77.6 Å². The fraction of sp³-hybridized carbons (Fsp3) is 0.280. The maximum Gasteiger partial charge on any atom is 0.337 e. The molecule has 0 bridgehead atoms. The number of nitrogens with zero attached hydrogens (tertiary/aromatic N) is 3. The average Bonchev–Trinajstić information content (AvgIpc) is 3.19. The third kappa shape index (κ3) is 4.33. The fourth-order valence-electron chi connectivity index (χ4n) is 4.19. The van der Waals surface area contributed by atoms with Gasteiger partial charge in [-0.2, -0.15) is 0 Å². The molecule has 1 heterocycles. The molecule has 1 aliphatic carbocycles. The Morgan fingerprint density at radius 3 is 2.48 bits per heavy atom. The zero-order chi connectivity index (χ0) is 22.0. The van der Waals surface area contributed by atoms with Gasteiger partial charge in [-0.1, -0.05) is 6.07 Å². The molecule has 2 aromatic carbocycles. The lowest BCUT2D eigenvalue weighted by atomic mass is 10.0. The van der Waals surface area contributed by atoms with Gasteiger partial charge in [-0.3, -0.25) is 4.98 Å². The second kappa shape index (κ2) is 8.68. The minimum Gasteiger partial charge on any atom is -0.478 e. The van der Waals surface area contributed by atoms with E-state index < -0.39 is 5.97 Å². The van der Waals surface area contributed by atoms with E-state index in [4.69, 9.17) is 0 Å². The summed E-state index contributed by atoms with van der Waals surface area (Å²) in [5.41, 5.74) is 7.04. The molecule has 0 aliphatic heterocycles. The van der Waals surface area contributed by atoms with E-state index in [2.05, 4.69) is 69.6 Å². The van der Waals surface area contributed by atoms with Crippen LogP contribution in [0.5, 0.6) is 0 Å². The van der Waals surface area contributed by atoms with Crippen LogP contribution in [0.15, 0.2) is 60.9 Å². The van der Waals surface area contributed by atoms with Gasteiger partial charge >= 0.3 is 5.97 Å². The van der Waals surface area contributed by atoms with Gasteiger partial charge in [0.05, 0.1) is 17.4 Å². The second-order valence-corrected chi connectivity index (χ2v) is 8.20. The van der Waals surface area contributed by atoms with Crippen molar-refractivity contribution in [2.45, 2.75) is 18.8 Å². The van der Waals surface area contributed by atoms with Crippen molar-refractivity contribution in [1.29, 1.82) is 0 Å². The van der Waals surface area contributed by atoms with Gasteiger partial charge in [-0.15, -0.1) is 0 Å². The maximum atomic E-state index is 11.4. The third-order valence-corrected chi connectivity index (χ3v) is 6.06. The van der Waals surface area contributed by atoms with Crippen LogP contribution in [0.3, 0.4) is 0 Å². The van der Waals surface area contributed by atoms with Gasteiger partial charge in [0.1, 0.15) is 0 Å². The first kappa shape index (κ1) is 20.7. The van der Waals surface area contributed by atoms with E-state index in [0.29, 0.717) is 18.2 Å². The monoisotopic (exact) mass is 416 g/mol. The predicted octanol–water partition coefficient (Wildman–Crippen LogP) is 4.76. The number of rotatable bonds is 7. The standard InChI is InChI=1S/C25H28N4O2/c1-28(2)19-6-8-20(9-7-19)29(3)21-10-11-22-17(14-21)4-5-18(22)15-27-24-16-26-13-12-23(24)25(30)31/h6-14,16,18,27H,4-5,15H2,1-3H3,(H,30,31)/t18-/m1/s1. The number of benzene rings is 2. The number of fused-ring (bicyclic) bond motifs is 1. The SMILES string of the molecule is CN(C)c1ccc(N(C)c2ccc3c(c2)CC[C@@H]3CNc2cnccc2C(=O)O)cc1. The molecule has 0 saturated heterocycles. The molecule has 3 aromatic rings. The molecular formula is C25H28N4O2. The number of aromatic nitrogens is 1. The van der Waals surface area contributed by atoms with Crippen molar-refractivity contribution in [2.75, 3.05) is 42.8 Å². The van der Waals surface area contributed by atoms with Crippen molar-refractivity contribution < 1.29 is 9.90 Å². The van der Waals surface area contributed by atoms with Gasteiger partial charge in [0.2, 0.25) is 0 Å². The molecule has 6 heteroatoms. The first-order chi connectivity index (χ1) is 14.9. The highest BCUT2D eigenvalue weighted by Gasteiger charge is 2.23. The highest BCUT2D eigenvalue weighted by Crippen LogP contribution is 2.37. The van der Waals surface area contributed by atoms with E-state index in [-0.39, 0.29) is 5.56 Å². The number of aryl methyl sites for hydroxylation is 1. The van der Waals surface area contributed by atoms with Crippen molar-refractivity contribution in [3.8, 4) is 0 Å². The molecule has 31 heavy (non-hydrogen) atoms. The van der Waals surface area contributed by atoms with Gasteiger partial charge in [0.15, 0.2) is 0 Å². The number of carboxylic acid groups (broad SMARTS) is 1. The number of carbonyl (C=O) groups is 1. The van der Waals surface area contributed by atoms with Crippen molar-refractivity contribution in [1.82, 2.24) is 4.98 Å². The third-order valence-electron chi connectivity index (χ3n) is 6.06. The fourth-order valence-corrected chi connectivity index (χ4v) is 4.19. The highest BCUT2D eigenvalue weighted by molar-refractivity contribution is 5.93. The summed E-state index contributed by atoms with van der Waals surface area (Å²) < 4.78 is 0. The molecule has 0 saturated carbocycles. The summed E-state index contributed by atoms with van der Waals surface area (Å²) in [5.74, 6) is -0.585. The Bertz CT molecular complexity index is 1080. The Balaban J connectivity index is 1.47. The van der Waals surface area contributed by atoms with E-state index >= 15 is 0 Å². The van der Waals surface area contributed by atoms with E-state index in [1.807, 2.05) is 14.1 Å². The Kier molecular flexibility index (Phi) is 5.80. The van der Waals surface area contributed by atoms with E-state index in [1.165, 1.54) is 34.8 Å². The van der Waals surface area contributed by atoms with E-state index in [9.17, 15) is 9.90 Å². The van der Waals surface area contributed by atoms with Gasteiger partial charge in [-0.25, -0.2) is 4.79 Å². The molecule has 0 fully saturated rings. The molecule has 0 radical (unpaired) electrons. The number of hydrogen-bond acceptors (Lipinski definition) is 5. The molecule has 4 rings (SSSR count).